The molecule has 2 rings (SSSR count). The predicted molar refractivity (Wildman–Crippen MR) is 73.4 cm³/mol. The number of oxazole rings is 1. The van der Waals surface area contributed by atoms with Gasteiger partial charge in [-0.05, 0) is 18.6 Å². The lowest BCUT2D eigenvalue weighted by molar-refractivity contribution is -0.384. The van der Waals surface area contributed by atoms with Crippen LogP contribution in [0.1, 0.15) is 11.3 Å². The van der Waals surface area contributed by atoms with Crippen LogP contribution in [0, 0.1) is 17.0 Å². The fourth-order valence-corrected chi connectivity index (χ4v) is 2.44. The maximum Gasteiger partial charge on any atom is 0.269 e. The monoisotopic (exact) mass is 279 g/mol. The van der Waals surface area contributed by atoms with Crippen molar-refractivity contribution in [3.63, 3.8) is 0 Å². The number of nitrogens with zero attached hydrogens (tertiary/aromatic N) is 2. The van der Waals surface area contributed by atoms with Gasteiger partial charge in [-0.3, -0.25) is 10.1 Å². The van der Waals surface area contributed by atoms with Gasteiger partial charge in [0, 0.05) is 30.6 Å². The first-order chi connectivity index (χ1) is 9.10. The van der Waals surface area contributed by atoms with Gasteiger partial charge >= 0.3 is 0 Å². The van der Waals surface area contributed by atoms with Gasteiger partial charge in [0.05, 0.1) is 10.6 Å². The second-order valence-corrected chi connectivity index (χ2v) is 4.82. The van der Waals surface area contributed by atoms with E-state index in [-0.39, 0.29) is 5.69 Å². The van der Waals surface area contributed by atoms with Crippen LogP contribution in [0.25, 0.3) is 0 Å². The highest BCUT2D eigenvalue weighted by molar-refractivity contribution is 7.98. The van der Waals surface area contributed by atoms with Gasteiger partial charge in [-0.2, -0.15) is 0 Å². The van der Waals surface area contributed by atoms with Crippen molar-refractivity contribution in [1.29, 1.82) is 0 Å². The summed E-state index contributed by atoms with van der Waals surface area (Å²) in [5, 5.41) is 14.4. The van der Waals surface area contributed by atoms with E-state index in [0.717, 1.165) is 16.9 Å². The molecule has 0 spiro atoms. The Kier molecular flexibility index (Phi) is 4.06. The van der Waals surface area contributed by atoms with Crippen LogP contribution in [-0.4, -0.2) is 17.0 Å². The first-order valence-corrected chi connectivity index (χ1v) is 6.58. The maximum absolute atomic E-state index is 10.8. The molecule has 0 radical (unpaired) electrons. The number of non-ortho nitro benzene ring substituents is 1. The number of thioether (sulfide) groups is 1. The van der Waals surface area contributed by atoms with Crippen molar-refractivity contribution >= 4 is 23.1 Å². The summed E-state index contributed by atoms with van der Waals surface area (Å²) >= 11 is 1.40. The van der Waals surface area contributed by atoms with Crippen molar-refractivity contribution in [2.75, 3.05) is 12.4 Å². The molecule has 100 valence electrons. The molecule has 0 fully saturated rings. The number of hydrogen-bond acceptors (Lipinski definition) is 6. The van der Waals surface area contributed by atoms with Gasteiger partial charge in [-0.25, -0.2) is 4.98 Å². The SMILES string of the molecule is CNc1ccc([N+](=O)[O-])cc1CSc1nc(C)co1. The summed E-state index contributed by atoms with van der Waals surface area (Å²) < 4.78 is 5.23. The molecule has 0 aliphatic heterocycles. The second kappa shape index (κ2) is 5.75. The van der Waals surface area contributed by atoms with Crippen molar-refractivity contribution in [2.45, 2.75) is 17.9 Å². The van der Waals surface area contributed by atoms with Crippen molar-refractivity contribution in [2.24, 2.45) is 0 Å². The first-order valence-electron chi connectivity index (χ1n) is 5.60. The molecule has 0 aliphatic rings. The van der Waals surface area contributed by atoms with Gasteiger partial charge in [0.25, 0.3) is 10.9 Å². The van der Waals surface area contributed by atoms with E-state index in [1.165, 1.54) is 17.8 Å². The highest BCUT2D eigenvalue weighted by atomic mass is 32.2. The molecule has 7 heteroatoms. The van der Waals surface area contributed by atoms with Crippen LogP contribution < -0.4 is 5.32 Å². The standard InChI is InChI=1S/C12H13N3O3S/c1-8-6-18-12(14-8)19-7-9-5-10(15(16)17)3-4-11(9)13-2/h3-6,13H,7H2,1-2H3. The summed E-state index contributed by atoms with van der Waals surface area (Å²) in [4.78, 5) is 14.6. The average Bonchev–Trinajstić information content (AvgIpc) is 2.81. The second-order valence-electron chi connectivity index (χ2n) is 3.89. The van der Waals surface area contributed by atoms with E-state index in [1.807, 2.05) is 6.92 Å². The van der Waals surface area contributed by atoms with Gasteiger partial charge in [-0.15, -0.1) is 0 Å². The smallest absolute Gasteiger partial charge is 0.269 e. The fourth-order valence-electron chi connectivity index (χ4n) is 1.60. The highest BCUT2D eigenvalue weighted by Gasteiger charge is 2.11. The van der Waals surface area contributed by atoms with Crippen molar-refractivity contribution in [3.8, 4) is 0 Å². The van der Waals surface area contributed by atoms with E-state index in [4.69, 9.17) is 4.42 Å². The van der Waals surface area contributed by atoms with Crippen LogP contribution in [0.2, 0.25) is 0 Å². The molecular weight excluding hydrogens is 266 g/mol. The van der Waals surface area contributed by atoms with Crippen molar-refractivity contribution in [3.05, 3.63) is 45.8 Å². The quantitative estimate of drug-likeness (QED) is 0.514. The summed E-state index contributed by atoms with van der Waals surface area (Å²) in [5.74, 6) is 0.553. The Morgan fingerprint density at radius 1 is 1.53 bits per heavy atom. The van der Waals surface area contributed by atoms with Crippen LogP contribution in [0.5, 0.6) is 0 Å². The van der Waals surface area contributed by atoms with E-state index in [1.54, 1.807) is 25.4 Å². The van der Waals surface area contributed by atoms with E-state index < -0.39 is 4.92 Å². The molecule has 0 bridgehead atoms. The minimum absolute atomic E-state index is 0.0817. The number of aryl methyl sites for hydroxylation is 1. The number of rotatable bonds is 5. The number of benzene rings is 1. The molecule has 1 N–H and O–H groups in total. The molecule has 0 unspecified atom stereocenters. The van der Waals surface area contributed by atoms with Gasteiger partial charge in [0.1, 0.15) is 6.26 Å². The van der Waals surface area contributed by atoms with Crippen LogP contribution in [0.15, 0.2) is 34.1 Å². The van der Waals surface area contributed by atoms with Crippen LogP contribution in [0.4, 0.5) is 11.4 Å². The molecule has 0 aliphatic carbocycles. The maximum atomic E-state index is 10.8. The number of hydrogen-bond donors (Lipinski definition) is 1. The number of nitro benzene ring substituents is 1. The third-order valence-electron chi connectivity index (χ3n) is 2.52. The molecule has 2 aromatic rings. The lowest BCUT2D eigenvalue weighted by atomic mass is 10.2. The Morgan fingerprint density at radius 3 is 2.89 bits per heavy atom. The van der Waals surface area contributed by atoms with Crippen LogP contribution >= 0.6 is 11.8 Å². The molecule has 1 aromatic heterocycles. The Hall–Kier alpha value is -2.02. The summed E-state index contributed by atoms with van der Waals surface area (Å²) in [6, 6.07) is 4.75. The third kappa shape index (κ3) is 3.25. The van der Waals surface area contributed by atoms with E-state index >= 15 is 0 Å². The molecule has 1 aromatic carbocycles. The average molecular weight is 279 g/mol. The minimum atomic E-state index is -0.400. The highest BCUT2D eigenvalue weighted by Crippen LogP contribution is 2.28. The van der Waals surface area contributed by atoms with Gasteiger partial charge in [0.2, 0.25) is 0 Å². The first kappa shape index (κ1) is 13.4. The van der Waals surface area contributed by atoms with Gasteiger partial charge in [0.15, 0.2) is 0 Å². The Labute approximate surface area is 114 Å². The Morgan fingerprint density at radius 2 is 2.32 bits per heavy atom. The number of aromatic nitrogens is 1. The number of nitro groups is 1. The zero-order valence-electron chi connectivity index (χ0n) is 10.5. The van der Waals surface area contributed by atoms with E-state index in [2.05, 4.69) is 10.3 Å². The lowest BCUT2D eigenvalue weighted by Gasteiger charge is -2.07. The topological polar surface area (TPSA) is 81.2 Å². The molecule has 0 saturated heterocycles. The van der Waals surface area contributed by atoms with Crippen molar-refractivity contribution in [1.82, 2.24) is 4.98 Å². The third-order valence-corrected chi connectivity index (χ3v) is 3.41. The minimum Gasteiger partial charge on any atom is -0.440 e. The van der Waals surface area contributed by atoms with E-state index in [9.17, 15) is 10.1 Å². The number of nitrogens with one attached hydrogen (secondary N) is 1. The molecule has 0 atom stereocenters. The zero-order chi connectivity index (χ0) is 13.8. The van der Waals surface area contributed by atoms with Crippen LogP contribution in [0.3, 0.4) is 0 Å². The molecular formula is C12H13N3O3S. The summed E-state index contributed by atoms with van der Waals surface area (Å²) in [6.07, 6.45) is 1.58. The molecule has 6 nitrogen and oxygen atoms in total. The van der Waals surface area contributed by atoms with Crippen LogP contribution in [-0.2, 0) is 5.75 Å². The summed E-state index contributed by atoms with van der Waals surface area (Å²) in [5.41, 5.74) is 2.60. The largest absolute Gasteiger partial charge is 0.440 e. The van der Waals surface area contributed by atoms with Crippen molar-refractivity contribution < 1.29 is 9.34 Å². The molecule has 0 saturated carbocycles. The predicted octanol–water partition coefficient (Wildman–Crippen LogP) is 3.23. The van der Waals surface area contributed by atoms with E-state index in [0.29, 0.717) is 11.0 Å². The molecule has 0 amide bonds. The zero-order valence-corrected chi connectivity index (χ0v) is 11.4. The molecule has 1 heterocycles. The molecule has 19 heavy (non-hydrogen) atoms. The number of anilines is 1. The normalized spacial score (nSPS) is 10.4. The Bertz CT molecular complexity index is 598. The van der Waals surface area contributed by atoms with Gasteiger partial charge in [-0.1, -0.05) is 11.8 Å². The summed E-state index contributed by atoms with van der Waals surface area (Å²) in [6.45, 7) is 1.85. The Balaban J connectivity index is 2.17. The van der Waals surface area contributed by atoms with Gasteiger partial charge < -0.3 is 9.73 Å². The summed E-state index contributed by atoms with van der Waals surface area (Å²) in [7, 11) is 1.78. The fraction of sp³-hybridized carbons (Fsp3) is 0.250. The lowest BCUT2D eigenvalue weighted by Crippen LogP contribution is -1.96.